The first kappa shape index (κ1) is 11.4. The highest BCUT2D eigenvalue weighted by Gasteiger charge is 2.04. The van der Waals surface area contributed by atoms with E-state index in [1.807, 2.05) is 18.2 Å². The Morgan fingerprint density at radius 3 is 2.68 bits per heavy atom. The fourth-order valence-electron chi connectivity index (χ4n) is 1.90. The normalized spacial score (nSPS) is 10.6. The SMILES string of the molecule is COc1cnc(-c2ccc3c(=O)[nH]ccc3c2)nc1. The van der Waals surface area contributed by atoms with E-state index in [0.717, 1.165) is 10.9 Å². The van der Waals surface area contributed by atoms with Crippen LogP contribution in [0.4, 0.5) is 0 Å². The summed E-state index contributed by atoms with van der Waals surface area (Å²) < 4.78 is 5.02. The van der Waals surface area contributed by atoms with Gasteiger partial charge in [0.1, 0.15) is 0 Å². The largest absolute Gasteiger partial charge is 0.494 e. The van der Waals surface area contributed by atoms with Crippen LogP contribution in [0.15, 0.2) is 47.7 Å². The summed E-state index contributed by atoms with van der Waals surface area (Å²) in [5, 5.41) is 1.51. The number of hydrogen-bond donors (Lipinski definition) is 1. The summed E-state index contributed by atoms with van der Waals surface area (Å²) in [5.74, 6) is 1.21. The van der Waals surface area contributed by atoms with E-state index in [4.69, 9.17) is 4.74 Å². The van der Waals surface area contributed by atoms with Crippen molar-refractivity contribution in [2.24, 2.45) is 0 Å². The van der Waals surface area contributed by atoms with Gasteiger partial charge in [-0.25, -0.2) is 9.97 Å². The zero-order valence-electron chi connectivity index (χ0n) is 10.3. The quantitative estimate of drug-likeness (QED) is 0.758. The lowest BCUT2D eigenvalue weighted by molar-refractivity contribution is 0.411. The Labute approximate surface area is 108 Å². The number of hydrogen-bond acceptors (Lipinski definition) is 4. The maximum absolute atomic E-state index is 11.6. The molecular weight excluding hydrogens is 242 g/mol. The van der Waals surface area contributed by atoms with Gasteiger partial charge in [0.15, 0.2) is 11.6 Å². The molecule has 94 valence electrons. The van der Waals surface area contributed by atoms with Crippen LogP contribution >= 0.6 is 0 Å². The van der Waals surface area contributed by atoms with Crippen LogP contribution in [-0.4, -0.2) is 22.1 Å². The van der Waals surface area contributed by atoms with Gasteiger partial charge in [-0.1, -0.05) is 6.07 Å². The molecule has 0 fully saturated rings. The van der Waals surface area contributed by atoms with Crippen molar-refractivity contribution in [3.8, 4) is 17.1 Å². The van der Waals surface area contributed by atoms with E-state index in [1.165, 1.54) is 0 Å². The molecule has 0 saturated carbocycles. The molecule has 3 aromatic rings. The summed E-state index contributed by atoms with van der Waals surface area (Å²) in [7, 11) is 1.57. The minimum atomic E-state index is -0.0975. The van der Waals surface area contributed by atoms with Crippen molar-refractivity contribution in [2.75, 3.05) is 7.11 Å². The summed E-state index contributed by atoms with van der Waals surface area (Å²) in [4.78, 5) is 22.7. The third kappa shape index (κ3) is 2.06. The highest BCUT2D eigenvalue weighted by atomic mass is 16.5. The fraction of sp³-hybridized carbons (Fsp3) is 0.0714. The molecule has 0 spiro atoms. The Hall–Kier alpha value is -2.69. The Balaban J connectivity index is 2.12. The molecule has 3 rings (SSSR count). The fourth-order valence-corrected chi connectivity index (χ4v) is 1.90. The predicted molar refractivity (Wildman–Crippen MR) is 72.1 cm³/mol. The average molecular weight is 253 g/mol. The molecule has 0 aliphatic rings. The van der Waals surface area contributed by atoms with Crippen molar-refractivity contribution < 1.29 is 4.74 Å². The van der Waals surface area contributed by atoms with E-state index >= 15 is 0 Å². The number of methoxy groups -OCH3 is 1. The number of H-pyrrole nitrogens is 1. The number of pyridine rings is 1. The standard InChI is InChI=1S/C14H11N3O2/c1-19-11-7-16-13(17-8-11)10-2-3-12-9(6-10)4-5-15-14(12)18/h2-8H,1H3,(H,15,18). The number of rotatable bonds is 2. The molecule has 19 heavy (non-hydrogen) atoms. The molecule has 1 aromatic carbocycles. The van der Waals surface area contributed by atoms with Crippen LogP contribution in [0.5, 0.6) is 5.75 Å². The van der Waals surface area contributed by atoms with E-state index in [9.17, 15) is 4.79 Å². The molecule has 0 aliphatic heterocycles. The highest BCUT2D eigenvalue weighted by molar-refractivity contribution is 5.85. The van der Waals surface area contributed by atoms with E-state index < -0.39 is 0 Å². The third-order valence-electron chi connectivity index (χ3n) is 2.90. The lowest BCUT2D eigenvalue weighted by atomic mass is 10.1. The van der Waals surface area contributed by atoms with Crippen molar-refractivity contribution in [1.82, 2.24) is 15.0 Å². The molecule has 2 heterocycles. The van der Waals surface area contributed by atoms with Gasteiger partial charge in [0.25, 0.3) is 5.56 Å². The van der Waals surface area contributed by atoms with Gasteiger partial charge < -0.3 is 9.72 Å². The van der Waals surface area contributed by atoms with Crippen LogP contribution in [0, 0.1) is 0 Å². The van der Waals surface area contributed by atoms with Crippen LogP contribution in [0.3, 0.4) is 0 Å². The monoisotopic (exact) mass is 253 g/mol. The van der Waals surface area contributed by atoms with Gasteiger partial charge in [0.05, 0.1) is 19.5 Å². The Kier molecular flexibility index (Phi) is 2.72. The first-order valence-corrected chi connectivity index (χ1v) is 5.76. The second kappa shape index (κ2) is 4.53. The summed E-state index contributed by atoms with van der Waals surface area (Å²) in [6, 6.07) is 7.35. The number of aromatic amines is 1. The third-order valence-corrected chi connectivity index (χ3v) is 2.90. The van der Waals surface area contributed by atoms with Gasteiger partial charge in [-0.15, -0.1) is 0 Å². The van der Waals surface area contributed by atoms with Gasteiger partial charge in [0.2, 0.25) is 0 Å². The van der Waals surface area contributed by atoms with Gasteiger partial charge >= 0.3 is 0 Å². The van der Waals surface area contributed by atoms with Gasteiger partial charge in [-0.05, 0) is 23.6 Å². The second-order valence-electron chi connectivity index (χ2n) is 4.06. The van der Waals surface area contributed by atoms with Gasteiger partial charge in [-0.3, -0.25) is 4.79 Å². The van der Waals surface area contributed by atoms with Gasteiger partial charge in [-0.2, -0.15) is 0 Å². The van der Waals surface area contributed by atoms with E-state index in [2.05, 4.69) is 15.0 Å². The minimum absolute atomic E-state index is 0.0975. The molecule has 0 amide bonds. The number of nitrogens with one attached hydrogen (secondary N) is 1. The van der Waals surface area contributed by atoms with Crippen LogP contribution in [0.2, 0.25) is 0 Å². The molecule has 0 saturated heterocycles. The maximum Gasteiger partial charge on any atom is 0.255 e. The number of aromatic nitrogens is 3. The zero-order valence-corrected chi connectivity index (χ0v) is 10.3. The van der Waals surface area contributed by atoms with Crippen LogP contribution in [-0.2, 0) is 0 Å². The molecule has 5 nitrogen and oxygen atoms in total. The van der Waals surface area contributed by atoms with Gasteiger partial charge in [0, 0.05) is 17.1 Å². The lowest BCUT2D eigenvalue weighted by Gasteiger charge is -2.03. The molecule has 1 N–H and O–H groups in total. The van der Waals surface area contributed by atoms with Crippen LogP contribution < -0.4 is 10.3 Å². The lowest BCUT2D eigenvalue weighted by Crippen LogP contribution is -2.04. The zero-order chi connectivity index (χ0) is 13.2. The maximum atomic E-state index is 11.6. The molecule has 5 heteroatoms. The van der Waals surface area contributed by atoms with Crippen LogP contribution in [0.25, 0.3) is 22.2 Å². The van der Waals surface area contributed by atoms with E-state index in [0.29, 0.717) is 17.0 Å². The summed E-state index contributed by atoms with van der Waals surface area (Å²) in [5.41, 5.74) is 0.764. The van der Waals surface area contributed by atoms with E-state index in [-0.39, 0.29) is 5.56 Å². The molecule has 0 aliphatic carbocycles. The number of fused-ring (bicyclic) bond motifs is 1. The minimum Gasteiger partial charge on any atom is -0.494 e. The number of nitrogens with zero attached hydrogens (tertiary/aromatic N) is 2. The van der Waals surface area contributed by atoms with Crippen molar-refractivity contribution in [3.05, 3.63) is 53.2 Å². The van der Waals surface area contributed by atoms with Crippen LogP contribution in [0.1, 0.15) is 0 Å². The van der Waals surface area contributed by atoms with E-state index in [1.54, 1.807) is 31.8 Å². The average Bonchev–Trinajstić information content (AvgIpc) is 2.47. The molecular formula is C14H11N3O2. The molecule has 0 atom stereocenters. The number of benzene rings is 1. The smallest absolute Gasteiger partial charge is 0.255 e. The molecule has 0 unspecified atom stereocenters. The molecule has 0 bridgehead atoms. The van der Waals surface area contributed by atoms with Crippen molar-refractivity contribution in [3.63, 3.8) is 0 Å². The highest BCUT2D eigenvalue weighted by Crippen LogP contribution is 2.20. The first-order valence-electron chi connectivity index (χ1n) is 5.76. The summed E-state index contributed by atoms with van der Waals surface area (Å²) >= 11 is 0. The molecule has 0 radical (unpaired) electrons. The Morgan fingerprint density at radius 2 is 1.95 bits per heavy atom. The first-order chi connectivity index (χ1) is 9.28. The summed E-state index contributed by atoms with van der Waals surface area (Å²) in [6.07, 6.45) is 4.86. The topological polar surface area (TPSA) is 67.9 Å². The van der Waals surface area contributed by atoms with Crippen molar-refractivity contribution in [1.29, 1.82) is 0 Å². The van der Waals surface area contributed by atoms with Crippen molar-refractivity contribution in [2.45, 2.75) is 0 Å². The number of ether oxygens (including phenoxy) is 1. The summed E-state index contributed by atoms with van der Waals surface area (Å²) in [6.45, 7) is 0. The van der Waals surface area contributed by atoms with Crippen molar-refractivity contribution >= 4 is 10.8 Å². The second-order valence-corrected chi connectivity index (χ2v) is 4.06. The molecule has 2 aromatic heterocycles. The predicted octanol–water partition coefficient (Wildman–Crippen LogP) is 1.99. The Morgan fingerprint density at radius 1 is 1.16 bits per heavy atom. The Bertz CT molecular complexity index is 779.